The van der Waals surface area contributed by atoms with Gasteiger partial charge in [-0.2, -0.15) is 0 Å². The molecule has 0 saturated heterocycles. The van der Waals surface area contributed by atoms with Crippen LogP contribution in [-0.4, -0.2) is 0 Å². The van der Waals surface area contributed by atoms with Crippen LogP contribution in [0.1, 0.15) is 25.0 Å². The normalized spacial score (nSPS) is 12.8. The highest BCUT2D eigenvalue weighted by molar-refractivity contribution is 7.26. The zero-order chi connectivity index (χ0) is 41.4. The van der Waals surface area contributed by atoms with Crippen LogP contribution in [0.5, 0.6) is 0 Å². The highest BCUT2D eigenvalue weighted by Gasteiger charge is 2.36. The Bertz CT molecular complexity index is 3460. The van der Waals surface area contributed by atoms with E-state index in [-0.39, 0.29) is 5.41 Å². The molecule has 0 unspecified atom stereocenters. The van der Waals surface area contributed by atoms with Crippen molar-refractivity contribution in [2.24, 2.45) is 0 Å². The lowest BCUT2D eigenvalue weighted by molar-refractivity contribution is 0.660. The van der Waals surface area contributed by atoms with Crippen LogP contribution in [0.3, 0.4) is 0 Å². The minimum atomic E-state index is -0.136. The van der Waals surface area contributed by atoms with E-state index in [1.807, 2.05) is 11.3 Å². The van der Waals surface area contributed by atoms with Gasteiger partial charge in [0.25, 0.3) is 0 Å². The number of para-hydroxylation sites is 2. The Labute approximate surface area is 366 Å². The van der Waals surface area contributed by atoms with Gasteiger partial charge in [-0.15, -0.1) is 11.3 Å². The quantitative estimate of drug-likeness (QED) is 0.158. The molecular weight excluding hydrogens is 769 g/mol. The maximum Gasteiger partial charge on any atom is 0.0554 e. The molecule has 0 bridgehead atoms. The first kappa shape index (κ1) is 36.4. The average Bonchev–Trinajstić information content (AvgIpc) is 3.82. The molecule has 3 heteroatoms. The number of nitrogens with zero attached hydrogens (tertiary/aromatic N) is 2. The molecule has 62 heavy (non-hydrogen) atoms. The molecule has 0 atom stereocenters. The molecule has 0 saturated carbocycles. The van der Waals surface area contributed by atoms with E-state index in [0.717, 1.165) is 28.4 Å². The molecule has 1 aliphatic rings. The fraction of sp³-hybridized carbons (Fsp3) is 0.0508. The highest BCUT2D eigenvalue weighted by Crippen LogP contribution is 2.53. The zero-order valence-electron chi connectivity index (χ0n) is 34.6. The summed E-state index contributed by atoms with van der Waals surface area (Å²) in [5, 5.41) is 7.57. The van der Waals surface area contributed by atoms with Crippen molar-refractivity contribution >= 4 is 87.2 Å². The van der Waals surface area contributed by atoms with Gasteiger partial charge in [0.05, 0.1) is 11.4 Å². The molecule has 294 valence electrons. The van der Waals surface area contributed by atoms with Gasteiger partial charge in [0, 0.05) is 59.1 Å². The Kier molecular flexibility index (Phi) is 8.41. The summed E-state index contributed by atoms with van der Waals surface area (Å²) in [4.78, 5) is 4.92. The molecule has 2 nitrogen and oxygen atoms in total. The first-order chi connectivity index (χ1) is 30.5. The smallest absolute Gasteiger partial charge is 0.0554 e. The fourth-order valence-corrected chi connectivity index (χ4v) is 11.3. The third-order valence-corrected chi connectivity index (χ3v) is 14.1. The molecule has 0 aliphatic heterocycles. The van der Waals surface area contributed by atoms with Gasteiger partial charge in [0.2, 0.25) is 0 Å². The Morgan fingerprint density at radius 1 is 0.339 bits per heavy atom. The van der Waals surface area contributed by atoms with Gasteiger partial charge < -0.3 is 9.80 Å². The molecule has 0 spiro atoms. The zero-order valence-corrected chi connectivity index (χ0v) is 35.4. The number of anilines is 6. The summed E-state index contributed by atoms with van der Waals surface area (Å²) < 4.78 is 2.53. The van der Waals surface area contributed by atoms with E-state index in [9.17, 15) is 0 Å². The van der Waals surface area contributed by atoms with Crippen molar-refractivity contribution in [2.45, 2.75) is 19.3 Å². The molecular formula is C59H42N2S. The van der Waals surface area contributed by atoms with Crippen LogP contribution >= 0.6 is 11.3 Å². The molecule has 1 aromatic heterocycles. The first-order valence-corrected chi connectivity index (χ1v) is 22.2. The van der Waals surface area contributed by atoms with E-state index in [1.54, 1.807) is 0 Å². The van der Waals surface area contributed by atoms with Crippen LogP contribution in [0.25, 0.3) is 64.0 Å². The summed E-state index contributed by atoms with van der Waals surface area (Å²) in [5.41, 5.74) is 14.5. The predicted octanol–water partition coefficient (Wildman–Crippen LogP) is 17.3. The van der Waals surface area contributed by atoms with Gasteiger partial charge in [0.1, 0.15) is 0 Å². The molecule has 1 aliphatic carbocycles. The van der Waals surface area contributed by atoms with E-state index in [2.05, 4.69) is 242 Å². The molecule has 0 amide bonds. The highest BCUT2D eigenvalue weighted by atomic mass is 32.1. The third kappa shape index (κ3) is 5.70. The maximum absolute atomic E-state index is 2.51. The minimum absolute atomic E-state index is 0.136. The van der Waals surface area contributed by atoms with Gasteiger partial charge in [-0.25, -0.2) is 0 Å². The third-order valence-electron chi connectivity index (χ3n) is 13.0. The number of fused-ring (bicyclic) bond motifs is 10. The number of benzene rings is 10. The van der Waals surface area contributed by atoms with Crippen molar-refractivity contribution in [1.82, 2.24) is 0 Å². The van der Waals surface area contributed by atoms with E-state index in [1.165, 1.54) is 80.8 Å². The first-order valence-electron chi connectivity index (χ1n) is 21.4. The van der Waals surface area contributed by atoms with Crippen LogP contribution in [0, 0.1) is 0 Å². The van der Waals surface area contributed by atoms with E-state index < -0.39 is 0 Å². The van der Waals surface area contributed by atoms with Gasteiger partial charge in [-0.1, -0.05) is 172 Å². The topological polar surface area (TPSA) is 6.48 Å². The Hall–Kier alpha value is -7.46. The van der Waals surface area contributed by atoms with E-state index in [4.69, 9.17) is 0 Å². The van der Waals surface area contributed by atoms with Gasteiger partial charge >= 0.3 is 0 Å². The molecule has 0 fully saturated rings. The SMILES string of the molecule is CC1(C)c2ccccc2-c2ccc(N(c3cccc(-c4ccccc4)c3)c3cc4sc5cc(N(c6ccccc6)c6ccccc6)c6ccccc6c5c4c4ccccc34)cc21. The Morgan fingerprint density at radius 3 is 1.40 bits per heavy atom. The number of thiophene rings is 1. The summed E-state index contributed by atoms with van der Waals surface area (Å²) in [7, 11) is 0. The summed E-state index contributed by atoms with van der Waals surface area (Å²) >= 11 is 1.89. The van der Waals surface area contributed by atoms with Crippen molar-refractivity contribution in [3.05, 3.63) is 230 Å². The lowest BCUT2D eigenvalue weighted by Crippen LogP contribution is -2.16. The van der Waals surface area contributed by atoms with Crippen LogP contribution in [0.4, 0.5) is 34.1 Å². The van der Waals surface area contributed by atoms with Gasteiger partial charge in [-0.3, -0.25) is 0 Å². The molecule has 0 radical (unpaired) electrons. The largest absolute Gasteiger partial charge is 0.310 e. The van der Waals surface area contributed by atoms with Crippen molar-refractivity contribution in [3.63, 3.8) is 0 Å². The minimum Gasteiger partial charge on any atom is -0.310 e. The second kappa shape index (κ2) is 14.3. The van der Waals surface area contributed by atoms with Crippen LogP contribution in [-0.2, 0) is 5.41 Å². The van der Waals surface area contributed by atoms with Crippen LogP contribution in [0.15, 0.2) is 218 Å². The Morgan fingerprint density at radius 2 is 0.790 bits per heavy atom. The summed E-state index contributed by atoms with van der Waals surface area (Å²) in [6, 6.07) is 80.3. The molecule has 11 aromatic rings. The standard InChI is InChI=1S/C59H42N2S/c1-59(2)51-32-17-16-27-45(51)46-34-33-44(36-52(46)59)61(43-26-18-21-40(35-43)39-19-6-3-7-20-39)54-38-56-58(50-31-15-13-29-48(50)54)57-49-30-14-12-28-47(49)53(37-55(57)62-56)60(41-22-8-4-9-23-41)42-24-10-5-11-25-42/h3-38H,1-2H3. The average molecular weight is 811 g/mol. The summed E-state index contributed by atoms with van der Waals surface area (Å²) in [6.45, 7) is 4.74. The Balaban J connectivity index is 1.13. The van der Waals surface area contributed by atoms with Crippen LogP contribution < -0.4 is 9.80 Å². The van der Waals surface area contributed by atoms with Gasteiger partial charge in [0.15, 0.2) is 0 Å². The summed E-state index contributed by atoms with van der Waals surface area (Å²) in [6.07, 6.45) is 0. The second-order valence-electron chi connectivity index (χ2n) is 16.9. The summed E-state index contributed by atoms with van der Waals surface area (Å²) in [5.74, 6) is 0. The predicted molar refractivity (Wildman–Crippen MR) is 267 cm³/mol. The van der Waals surface area contributed by atoms with Gasteiger partial charge in [-0.05, 0) is 105 Å². The van der Waals surface area contributed by atoms with Crippen molar-refractivity contribution in [1.29, 1.82) is 0 Å². The maximum atomic E-state index is 2.51. The molecule has 10 aromatic carbocycles. The molecule has 1 heterocycles. The second-order valence-corrected chi connectivity index (χ2v) is 18.0. The molecule has 12 rings (SSSR count). The van der Waals surface area contributed by atoms with Crippen LogP contribution in [0.2, 0.25) is 0 Å². The lowest BCUT2D eigenvalue weighted by atomic mass is 9.82. The van der Waals surface area contributed by atoms with E-state index >= 15 is 0 Å². The lowest BCUT2D eigenvalue weighted by Gasteiger charge is -2.29. The fourth-order valence-electron chi connectivity index (χ4n) is 10.1. The molecule has 0 N–H and O–H groups in total. The number of hydrogen-bond donors (Lipinski definition) is 0. The van der Waals surface area contributed by atoms with E-state index in [0.29, 0.717) is 0 Å². The van der Waals surface area contributed by atoms with Crippen molar-refractivity contribution in [2.75, 3.05) is 9.80 Å². The van der Waals surface area contributed by atoms with Crippen molar-refractivity contribution in [3.8, 4) is 22.3 Å². The van der Waals surface area contributed by atoms with Crippen molar-refractivity contribution < 1.29 is 0 Å². The number of rotatable bonds is 7. The number of hydrogen-bond acceptors (Lipinski definition) is 3. The monoisotopic (exact) mass is 810 g/mol.